The Balaban J connectivity index is 2.31. The van der Waals surface area contributed by atoms with Crippen molar-refractivity contribution in [3.63, 3.8) is 0 Å². The Labute approximate surface area is 159 Å². The summed E-state index contributed by atoms with van der Waals surface area (Å²) in [6, 6.07) is 7.18. The van der Waals surface area contributed by atoms with E-state index >= 15 is 0 Å². The summed E-state index contributed by atoms with van der Waals surface area (Å²) < 4.78 is 120. The zero-order valence-electron chi connectivity index (χ0n) is 12.9. The molecule has 2 nitrogen and oxygen atoms in total. The molecule has 0 heterocycles. The van der Waals surface area contributed by atoms with Gasteiger partial charge in [-0.25, -0.2) is 4.39 Å². The molecule has 1 aromatic rings. The average molecular weight is 517 g/mol. The first-order valence-electron chi connectivity index (χ1n) is 7.04. The molecular formula is C15H9F9INO. The van der Waals surface area contributed by atoms with Crippen LogP contribution in [0.15, 0.2) is 40.0 Å². The third kappa shape index (κ3) is 2.90. The van der Waals surface area contributed by atoms with Crippen LogP contribution in [0, 0.1) is 0 Å². The second kappa shape index (κ2) is 6.55. The van der Waals surface area contributed by atoms with E-state index in [0.29, 0.717) is 0 Å². The molecule has 0 bridgehead atoms. The molecule has 150 valence electrons. The summed E-state index contributed by atoms with van der Waals surface area (Å²) in [4.78, 5) is 11.8. The summed E-state index contributed by atoms with van der Waals surface area (Å²) in [7, 11) is 0. The Morgan fingerprint density at radius 1 is 0.852 bits per heavy atom. The van der Waals surface area contributed by atoms with E-state index < -0.39 is 51.5 Å². The fourth-order valence-corrected chi connectivity index (χ4v) is 2.97. The summed E-state index contributed by atoms with van der Waals surface area (Å²) >= 11 is 1.00. The van der Waals surface area contributed by atoms with Gasteiger partial charge in [-0.3, -0.25) is 4.79 Å². The highest BCUT2D eigenvalue weighted by atomic mass is 127. The van der Waals surface area contributed by atoms with Gasteiger partial charge in [0, 0.05) is 15.7 Å². The third-order valence-electron chi connectivity index (χ3n) is 3.91. The molecule has 1 saturated carbocycles. The molecule has 0 spiro atoms. The maximum atomic E-state index is 14.3. The van der Waals surface area contributed by atoms with E-state index in [4.69, 9.17) is 0 Å². The van der Waals surface area contributed by atoms with Crippen molar-refractivity contribution in [1.29, 1.82) is 0 Å². The van der Waals surface area contributed by atoms with E-state index in [9.17, 15) is 44.3 Å². The van der Waals surface area contributed by atoms with E-state index in [1.165, 1.54) is 24.3 Å². The zero-order chi connectivity index (χ0) is 20.9. The number of hydrogen-bond donors (Lipinski definition) is 1. The fourth-order valence-electron chi connectivity index (χ4n) is 2.35. The van der Waals surface area contributed by atoms with Crippen molar-refractivity contribution < 1.29 is 44.3 Å². The first kappa shape index (κ1) is 21.8. The largest absolute Gasteiger partial charge is 0.382 e. The number of rotatable bonds is 4. The highest BCUT2D eigenvalue weighted by molar-refractivity contribution is 14.1. The quantitative estimate of drug-likeness (QED) is 0.443. The molecule has 27 heavy (non-hydrogen) atoms. The lowest BCUT2D eigenvalue weighted by molar-refractivity contribution is -0.303. The SMILES string of the molecule is O=C(NCC(I)=CC1(F)C(F)(F)C(F)(F)C(F)(F)C1(F)F)c1ccccc1. The molecule has 0 aliphatic heterocycles. The van der Waals surface area contributed by atoms with Gasteiger partial charge in [0.2, 0.25) is 0 Å². The summed E-state index contributed by atoms with van der Waals surface area (Å²) in [6.07, 6.45) is -0.701. The van der Waals surface area contributed by atoms with E-state index in [1.54, 1.807) is 6.07 Å². The number of benzene rings is 1. The van der Waals surface area contributed by atoms with Crippen LogP contribution in [0.1, 0.15) is 10.4 Å². The van der Waals surface area contributed by atoms with Gasteiger partial charge in [-0.05, 0) is 40.8 Å². The van der Waals surface area contributed by atoms with Gasteiger partial charge in [-0.1, -0.05) is 18.2 Å². The predicted octanol–water partition coefficient (Wildman–Crippen LogP) is 5.00. The van der Waals surface area contributed by atoms with Gasteiger partial charge in [0.15, 0.2) is 0 Å². The maximum absolute atomic E-state index is 14.3. The molecule has 0 atom stereocenters. The lowest BCUT2D eigenvalue weighted by Gasteiger charge is -2.28. The van der Waals surface area contributed by atoms with Crippen LogP contribution in [0.25, 0.3) is 0 Å². The molecule has 1 N–H and O–H groups in total. The topological polar surface area (TPSA) is 29.1 Å². The molecule has 0 radical (unpaired) electrons. The van der Waals surface area contributed by atoms with Gasteiger partial charge in [0.05, 0.1) is 0 Å². The normalized spacial score (nSPS) is 24.4. The average Bonchev–Trinajstić information content (AvgIpc) is 2.63. The van der Waals surface area contributed by atoms with Gasteiger partial charge >= 0.3 is 23.7 Å². The number of amides is 1. The van der Waals surface area contributed by atoms with Crippen LogP contribution in [-0.4, -0.2) is 41.8 Å². The van der Waals surface area contributed by atoms with Gasteiger partial charge in [-0.15, -0.1) is 0 Å². The van der Waals surface area contributed by atoms with Crippen LogP contribution in [0.3, 0.4) is 0 Å². The van der Waals surface area contributed by atoms with Crippen molar-refractivity contribution >= 4 is 28.5 Å². The van der Waals surface area contributed by atoms with Crippen molar-refractivity contribution in [3.05, 3.63) is 45.6 Å². The van der Waals surface area contributed by atoms with Crippen molar-refractivity contribution in [3.8, 4) is 0 Å². The summed E-state index contributed by atoms with van der Waals surface area (Å²) in [6.45, 7) is -0.830. The molecule has 0 saturated heterocycles. The molecule has 0 aromatic heterocycles. The minimum Gasteiger partial charge on any atom is -0.348 e. The summed E-state index contributed by atoms with van der Waals surface area (Å²) in [5.74, 6) is -26.9. The Morgan fingerprint density at radius 2 is 1.30 bits per heavy atom. The second-order valence-electron chi connectivity index (χ2n) is 5.65. The lowest BCUT2D eigenvalue weighted by atomic mass is 9.96. The van der Waals surface area contributed by atoms with Crippen LogP contribution in [-0.2, 0) is 0 Å². The monoisotopic (exact) mass is 517 g/mol. The predicted molar refractivity (Wildman–Crippen MR) is 84.5 cm³/mol. The lowest BCUT2D eigenvalue weighted by Crippen LogP contribution is -2.53. The fraction of sp³-hybridized carbons (Fsp3) is 0.400. The number of carbonyl (C=O) groups excluding carboxylic acids is 1. The highest BCUT2D eigenvalue weighted by Gasteiger charge is 3.00. The number of carbonyl (C=O) groups is 1. The Kier molecular flexibility index (Phi) is 5.30. The molecule has 1 aromatic carbocycles. The van der Waals surface area contributed by atoms with Crippen molar-refractivity contribution in [2.45, 2.75) is 29.4 Å². The van der Waals surface area contributed by atoms with Crippen LogP contribution in [0.4, 0.5) is 39.5 Å². The van der Waals surface area contributed by atoms with Crippen LogP contribution >= 0.6 is 22.6 Å². The van der Waals surface area contributed by atoms with E-state index in [1.807, 2.05) is 5.32 Å². The van der Waals surface area contributed by atoms with Crippen molar-refractivity contribution in [2.24, 2.45) is 0 Å². The number of halogens is 10. The van der Waals surface area contributed by atoms with Gasteiger partial charge < -0.3 is 5.32 Å². The molecule has 1 aliphatic rings. The van der Waals surface area contributed by atoms with E-state index in [2.05, 4.69) is 0 Å². The van der Waals surface area contributed by atoms with Crippen LogP contribution < -0.4 is 5.32 Å². The molecule has 0 unspecified atom stereocenters. The first-order valence-corrected chi connectivity index (χ1v) is 8.12. The Morgan fingerprint density at radius 3 is 1.74 bits per heavy atom. The van der Waals surface area contributed by atoms with Crippen molar-refractivity contribution in [1.82, 2.24) is 5.32 Å². The second-order valence-corrected chi connectivity index (χ2v) is 7.03. The van der Waals surface area contributed by atoms with Gasteiger partial charge in [0.25, 0.3) is 11.6 Å². The van der Waals surface area contributed by atoms with Gasteiger partial charge in [0.1, 0.15) is 0 Å². The molecule has 1 amide bonds. The standard InChI is InChI=1S/C15H9F9INO/c16-11(12(17,18)14(21,22)15(23,24)13(11,19)20)6-9(25)7-26-10(27)8-4-2-1-3-5-8/h1-6H,7H2,(H,26,27). The maximum Gasteiger partial charge on any atom is 0.382 e. The Hall–Kier alpha value is -1.47. The molecule has 2 rings (SSSR count). The Bertz CT molecular complexity index is 738. The zero-order valence-corrected chi connectivity index (χ0v) is 15.0. The number of allylic oxidation sites excluding steroid dienone is 1. The number of alkyl halides is 9. The minimum absolute atomic E-state index is 0.0752. The van der Waals surface area contributed by atoms with E-state index in [-0.39, 0.29) is 5.56 Å². The third-order valence-corrected chi connectivity index (χ3v) is 4.60. The summed E-state index contributed by atoms with van der Waals surface area (Å²) in [5.41, 5.74) is -5.59. The smallest absolute Gasteiger partial charge is 0.348 e. The summed E-state index contributed by atoms with van der Waals surface area (Å²) in [5, 5.41) is 2.04. The molecule has 1 aliphatic carbocycles. The van der Waals surface area contributed by atoms with Crippen LogP contribution in [0.5, 0.6) is 0 Å². The highest BCUT2D eigenvalue weighted by Crippen LogP contribution is 2.69. The van der Waals surface area contributed by atoms with Crippen LogP contribution in [0.2, 0.25) is 0 Å². The van der Waals surface area contributed by atoms with Crippen molar-refractivity contribution in [2.75, 3.05) is 6.54 Å². The molecular weight excluding hydrogens is 508 g/mol. The number of hydrogen-bond acceptors (Lipinski definition) is 1. The minimum atomic E-state index is -6.63. The first-order chi connectivity index (χ1) is 12.1. The molecule has 1 fully saturated rings. The molecule has 12 heteroatoms. The van der Waals surface area contributed by atoms with E-state index in [0.717, 1.165) is 22.6 Å². The number of nitrogens with one attached hydrogen (secondary N) is 1. The van der Waals surface area contributed by atoms with Gasteiger partial charge in [-0.2, -0.15) is 35.1 Å².